The molecule has 15 heavy (non-hydrogen) atoms. The molecule has 1 aromatic rings. The Morgan fingerprint density at radius 3 is 2.87 bits per heavy atom. The van der Waals surface area contributed by atoms with Gasteiger partial charge in [-0.3, -0.25) is 4.79 Å². The molecular weight excluding hydrogens is 194 g/mol. The fourth-order valence-electron chi connectivity index (χ4n) is 1.42. The average molecular weight is 211 g/mol. The van der Waals surface area contributed by atoms with Crippen molar-refractivity contribution in [3.8, 4) is 0 Å². The van der Waals surface area contributed by atoms with Crippen LogP contribution in [0.2, 0.25) is 0 Å². The van der Waals surface area contributed by atoms with Crippen molar-refractivity contribution in [2.75, 3.05) is 24.6 Å². The molecule has 5 nitrogen and oxygen atoms in total. The van der Waals surface area contributed by atoms with E-state index in [2.05, 4.69) is 4.98 Å². The zero-order valence-electron chi connectivity index (χ0n) is 9.18. The summed E-state index contributed by atoms with van der Waals surface area (Å²) in [6.07, 6.45) is 4.13. The summed E-state index contributed by atoms with van der Waals surface area (Å²) >= 11 is 0. The van der Waals surface area contributed by atoms with Crippen LogP contribution in [0.1, 0.15) is 13.3 Å². The molecule has 0 atom stereocenters. The van der Waals surface area contributed by atoms with E-state index in [1.54, 1.807) is 19.4 Å². The van der Waals surface area contributed by atoms with E-state index in [-0.39, 0.29) is 12.2 Å². The second kappa shape index (κ2) is 5.50. The first-order chi connectivity index (χ1) is 7.20. The minimum absolute atomic E-state index is 0.0275. The van der Waals surface area contributed by atoms with E-state index >= 15 is 0 Å². The Kier molecular flexibility index (Phi) is 4.30. The Labute approximate surface area is 89.0 Å². The summed E-state index contributed by atoms with van der Waals surface area (Å²) in [6.45, 7) is 3.23. The van der Waals surface area contributed by atoms with Crippen LogP contribution in [0.4, 0.5) is 5.82 Å². The Balaban J connectivity index is 2.99. The second-order valence-electron chi connectivity index (χ2n) is 3.38. The number of aromatic nitrogens is 2. The maximum Gasteiger partial charge on any atom is 0.293 e. The fraction of sp³-hybridized carbons (Fsp3) is 0.600. The van der Waals surface area contributed by atoms with Crippen molar-refractivity contribution in [1.29, 1.82) is 0 Å². The number of hydrogen-bond acceptors (Lipinski definition) is 4. The van der Waals surface area contributed by atoms with Crippen molar-refractivity contribution in [3.05, 3.63) is 22.7 Å². The molecule has 1 N–H and O–H groups in total. The number of nitrogens with zero attached hydrogens (tertiary/aromatic N) is 3. The third-order valence-electron chi connectivity index (χ3n) is 2.16. The van der Waals surface area contributed by atoms with Crippen molar-refractivity contribution < 1.29 is 5.11 Å². The van der Waals surface area contributed by atoms with Gasteiger partial charge in [-0.15, -0.1) is 0 Å². The minimum Gasteiger partial charge on any atom is -0.395 e. The van der Waals surface area contributed by atoms with E-state index in [4.69, 9.17) is 5.11 Å². The number of anilines is 1. The summed E-state index contributed by atoms with van der Waals surface area (Å²) < 4.78 is 1.49. The Hall–Kier alpha value is -1.36. The Morgan fingerprint density at radius 2 is 2.27 bits per heavy atom. The van der Waals surface area contributed by atoms with Gasteiger partial charge in [-0.05, 0) is 6.42 Å². The van der Waals surface area contributed by atoms with Gasteiger partial charge >= 0.3 is 0 Å². The molecule has 0 bridgehead atoms. The highest BCUT2D eigenvalue weighted by atomic mass is 16.3. The molecule has 0 amide bonds. The Morgan fingerprint density at radius 1 is 1.53 bits per heavy atom. The molecule has 0 aromatic carbocycles. The molecule has 5 heteroatoms. The van der Waals surface area contributed by atoms with Crippen molar-refractivity contribution >= 4 is 5.82 Å². The number of rotatable bonds is 5. The zero-order valence-corrected chi connectivity index (χ0v) is 9.18. The predicted octanol–water partition coefficient (Wildman–Crippen LogP) is -0.0110. The topological polar surface area (TPSA) is 58.4 Å². The summed E-state index contributed by atoms with van der Waals surface area (Å²) in [5.41, 5.74) is -0.126. The van der Waals surface area contributed by atoms with Crippen LogP contribution in [0.5, 0.6) is 0 Å². The van der Waals surface area contributed by atoms with Crippen molar-refractivity contribution in [1.82, 2.24) is 9.55 Å². The largest absolute Gasteiger partial charge is 0.395 e. The smallest absolute Gasteiger partial charge is 0.293 e. The maximum absolute atomic E-state index is 11.7. The summed E-state index contributed by atoms with van der Waals surface area (Å²) in [6, 6.07) is 0. The van der Waals surface area contributed by atoms with Gasteiger partial charge in [0.1, 0.15) is 0 Å². The molecule has 1 heterocycles. The molecule has 1 aromatic heterocycles. The van der Waals surface area contributed by atoms with Crippen LogP contribution >= 0.6 is 0 Å². The fourth-order valence-corrected chi connectivity index (χ4v) is 1.42. The van der Waals surface area contributed by atoms with E-state index in [1.165, 1.54) is 4.57 Å². The lowest BCUT2D eigenvalue weighted by molar-refractivity contribution is 0.301. The van der Waals surface area contributed by atoms with Crippen LogP contribution in [0.15, 0.2) is 17.2 Å². The van der Waals surface area contributed by atoms with Crippen molar-refractivity contribution in [3.63, 3.8) is 0 Å². The number of hydrogen-bond donors (Lipinski definition) is 1. The molecule has 0 fully saturated rings. The van der Waals surface area contributed by atoms with Gasteiger partial charge in [0.2, 0.25) is 0 Å². The Bertz CT molecular complexity index is 356. The standard InChI is InChI=1S/C10H17N3O2/c1-3-5-13(7-8-14)9-10(15)12(2)6-4-11-9/h4,6,14H,3,5,7-8H2,1-2H3. The number of aryl methyl sites for hydroxylation is 1. The van der Waals surface area contributed by atoms with Gasteiger partial charge in [0.15, 0.2) is 5.82 Å². The molecule has 0 spiro atoms. The molecule has 0 aliphatic heterocycles. The first-order valence-electron chi connectivity index (χ1n) is 5.08. The second-order valence-corrected chi connectivity index (χ2v) is 3.38. The molecular formula is C10H17N3O2. The van der Waals surface area contributed by atoms with Gasteiger partial charge in [0.05, 0.1) is 6.61 Å². The van der Waals surface area contributed by atoms with Gasteiger partial charge < -0.3 is 14.6 Å². The number of aliphatic hydroxyl groups excluding tert-OH is 1. The van der Waals surface area contributed by atoms with Crippen LogP contribution < -0.4 is 10.5 Å². The maximum atomic E-state index is 11.7. The molecule has 0 radical (unpaired) electrons. The first kappa shape index (κ1) is 11.7. The van der Waals surface area contributed by atoms with Crippen LogP contribution in [0.3, 0.4) is 0 Å². The summed E-state index contributed by atoms with van der Waals surface area (Å²) in [7, 11) is 1.69. The van der Waals surface area contributed by atoms with E-state index in [0.717, 1.165) is 13.0 Å². The molecule has 0 saturated carbocycles. The lowest BCUT2D eigenvalue weighted by Crippen LogP contribution is -2.35. The molecule has 0 unspecified atom stereocenters. The SMILES string of the molecule is CCCN(CCO)c1nccn(C)c1=O. The van der Waals surface area contributed by atoms with E-state index in [0.29, 0.717) is 12.4 Å². The third-order valence-corrected chi connectivity index (χ3v) is 2.16. The summed E-state index contributed by atoms with van der Waals surface area (Å²) in [4.78, 5) is 17.6. The highest BCUT2D eigenvalue weighted by Crippen LogP contribution is 2.03. The van der Waals surface area contributed by atoms with Crippen molar-refractivity contribution in [2.24, 2.45) is 7.05 Å². The van der Waals surface area contributed by atoms with E-state index in [1.807, 2.05) is 11.8 Å². The highest BCUT2D eigenvalue weighted by molar-refractivity contribution is 5.35. The van der Waals surface area contributed by atoms with Gasteiger partial charge in [0.25, 0.3) is 5.56 Å². The molecule has 0 aliphatic rings. The van der Waals surface area contributed by atoms with E-state index < -0.39 is 0 Å². The molecule has 0 saturated heterocycles. The van der Waals surface area contributed by atoms with Gasteiger partial charge in [-0.1, -0.05) is 6.92 Å². The first-order valence-corrected chi connectivity index (χ1v) is 5.08. The van der Waals surface area contributed by atoms with Crippen LogP contribution in [-0.2, 0) is 7.05 Å². The average Bonchev–Trinajstić information content (AvgIpc) is 2.22. The molecule has 1 rings (SSSR count). The van der Waals surface area contributed by atoms with E-state index in [9.17, 15) is 4.79 Å². The quantitative estimate of drug-likeness (QED) is 0.744. The lowest BCUT2D eigenvalue weighted by atomic mass is 10.4. The van der Waals surface area contributed by atoms with Crippen LogP contribution in [-0.4, -0.2) is 34.4 Å². The lowest BCUT2D eigenvalue weighted by Gasteiger charge is -2.21. The monoisotopic (exact) mass is 211 g/mol. The van der Waals surface area contributed by atoms with Gasteiger partial charge in [-0.25, -0.2) is 4.98 Å². The normalized spacial score (nSPS) is 10.3. The minimum atomic E-state index is -0.126. The zero-order chi connectivity index (χ0) is 11.3. The van der Waals surface area contributed by atoms with Gasteiger partial charge in [0, 0.05) is 32.5 Å². The third kappa shape index (κ3) is 2.79. The molecule has 84 valence electrons. The number of aliphatic hydroxyl groups is 1. The van der Waals surface area contributed by atoms with Crippen LogP contribution in [0.25, 0.3) is 0 Å². The van der Waals surface area contributed by atoms with Crippen LogP contribution in [0, 0.1) is 0 Å². The highest BCUT2D eigenvalue weighted by Gasteiger charge is 2.10. The summed E-state index contributed by atoms with van der Waals surface area (Å²) in [5, 5.41) is 8.91. The molecule has 0 aliphatic carbocycles. The predicted molar refractivity (Wildman–Crippen MR) is 59.1 cm³/mol. The van der Waals surface area contributed by atoms with Crippen molar-refractivity contribution in [2.45, 2.75) is 13.3 Å². The van der Waals surface area contributed by atoms with Gasteiger partial charge in [-0.2, -0.15) is 0 Å². The summed E-state index contributed by atoms with van der Waals surface area (Å²) in [5.74, 6) is 0.413.